The molecular formula is C22H19ClN2O3. The number of amides is 1. The van der Waals surface area contributed by atoms with Crippen LogP contribution in [0.4, 0.5) is 5.82 Å². The van der Waals surface area contributed by atoms with Crippen LogP contribution >= 0.6 is 11.6 Å². The summed E-state index contributed by atoms with van der Waals surface area (Å²) in [5, 5.41) is 12.5. The van der Waals surface area contributed by atoms with Crippen molar-refractivity contribution in [1.82, 2.24) is 4.98 Å². The molecule has 6 heteroatoms. The number of halogens is 1. The van der Waals surface area contributed by atoms with E-state index in [9.17, 15) is 14.7 Å². The summed E-state index contributed by atoms with van der Waals surface area (Å²) in [7, 11) is 0. The summed E-state index contributed by atoms with van der Waals surface area (Å²) in [6.45, 7) is 0. The fraction of sp³-hybridized carbons (Fsp3) is 0.136. The summed E-state index contributed by atoms with van der Waals surface area (Å²) in [6.07, 6.45) is 0.0775. The Bertz CT molecular complexity index is 976. The Hall–Kier alpha value is -3.18. The van der Waals surface area contributed by atoms with Crippen molar-refractivity contribution in [3.63, 3.8) is 0 Å². The van der Waals surface area contributed by atoms with Crippen molar-refractivity contribution >= 4 is 29.3 Å². The first-order chi connectivity index (χ1) is 13.5. The second-order valence-electron chi connectivity index (χ2n) is 6.36. The molecule has 2 N–H and O–H groups in total. The Morgan fingerprint density at radius 1 is 0.964 bits per heavy atom. The molecule has 2 aromatic carbocycles. The van der Waals surface area contributed by atoms with Crippen molar-refractivity contribution < 1.29 is 14.7 Å². The average molecular weight is 395 g/mol. The number of carboxylic acid groups (broad SMARTS) is 1. The number of carbonyl (C=O) groups is 2. The van der Waals surface area contributed by atoms with Gasteiger partial charge in [0.15, 0.2) is 0 Å². The second kappa shape index (κ2) is 9.15. The van der Waals surface area contributed by atoms with E-state index in [0.29, 0.717) is 23.0 Å². The summed E-state index contributed by atoms with van der Waals surface area (Å²) in [6, 6.07) is 21.9. The summed E-state index contributed by atoms with van der Waals surface area (Å²) >= 11 is 6.22. The highest BCUT2D eigenvalue weighted by molar-refractivity contribution is 6.33. The van der Waals surface area contributed by atoms with Crippen molar-refractivity contribution in [2.75, 3.05) is 5.32 Å². The van der Waals surface area contributed by atoms with Gasteiger partial charge in [-0.05, 0) is 30.2 Å². The van der Waals surface area contributed by atoms with Gasteiger partial charge in [0.05, 0.1) is 18.0 Å². The van der Waals surface area contributed by atoms with E-state index < -0.39 is 11.9 Å². The van der Waals surface area contributed by atoms with Crippen LogP contribution < -0.4 is 5.32 Å². The molecule has 142 valence electrons. The lowest BCUT2D eigenvalue weighted by Gasteiger charge is -2.15. The lowest BCUT2D eigenvalue weighted by atomic mass is 9.95. The van der Waals surface area contributed by atoms with Crippen LogP contribution in [0.15, 0.2) is 72.8 Å². The van der Waals surface area contributed by atoms with Gasteiger partial charge >= 0.3 is 5.97 Å². The molecule has 1 atom stereocenters. The van der Waals surface area contributed by atoms with Crippen molar-refractivity contribution in [3.8, 4) is 11.3 Å². The van der Waals surface area contributed by atoms with Crippen LogP contribution in [0.5, 0.6) is 0 Å². The van der Waals surface area contributed by atoms with Crippen LogP contribution in [0.25, 0.3) is 11.3 Å². The van der Waals surface area contributed by atoms with Gasteiger partial charge in [0.25, 0.3) is 0 Å². The van der Waals surface area contributed by atoms with Gasteiger partial charge in [-0.1, -0.05) is 66.2 Å². The molecule has 1 amide bonds. The van der Waals surface area contributed by atoms with E-state index in [0.717, 1.165) is 11.1 Å². The minimum absolute atomic E-state index is 0.259. The zero-order valence-corrected chi connectivity index (χ0v) is 15.8. The number of rotatable bonds is 7. The van der Waals surface area contributed by atoms with Crippen LogP contribution in [0.3, 0.4) is 0 Å². The molecule has 3 aromatic rings. The molecule has 0 saturated carbocycles. The number of carboxylic acids is 1. The van der Waals surface area contributed by atoms with Crippen LogP contribution in [0, 0.1) is 5.92 Å². The lowest BCUT2D eigenvalue weighted by molar-refractivity contribution is -0.140. The highest BCUT2D eigenvalue weighted by atomic mass is 35.5. The molecule has 3 rings (SSSR count). The third-order valence-corrected chi connectivity index (χ3v) is 4.60. The smallest absolute Gasteiger partial charge is 0.304 e. The molecule has 0 spiro atoms. The van der Waals surface area contributed by atoms with Crippen molar-refractivity contribution in [3.05, 3.63) is 83.4 Å². The van der Waals surface area contributed by atoms with E-state index >= 15 is 0 Å². The molecule has 0 radical (unpaired) electrons. The third kappa shape index (κ3) is 5.18. The zero-order chi connectivity index (χ0) is 19.9. The largest absolute Gasteiger partial charge is 0.481 e. The molecule has 28 heavy (non-hydrogen) atoms. The van der Waals surface area contributed by atoms with Gasteiger partial charge in [-0.3, -0.25) is 9.59 Å². The number of hydrogen-bond donors (Lipinski definition) is 2. The molecular weight excluding hydrogens is 376 g/mol. The minimum Gasteiger partial charge on any atom is -0.481 e. The van der Waals surface area contributed by atoms with E-state index in [2.05, 4.69) is 10.3 Å². The summed E-state index contributed by atoms with van der Waals surface area (Å²) in [4.78, 5) is 28.4. The van der Waals surface area contributed by atoms with E-state index in [1.54, 1.807) is 24.3 Å². The van der Waals surface area contributed by atoms with E-state index in [1.807, 2.05) is 48.5 Å². The number of hydrogen-bond acceptors (Lipinski definition) is 3. The Kier molecular flexibility index (Phi) is 6.40. The Balaban J connectivity index is 1.78. The van der Waals surface area contributed by atoms with Crippen LogP contribution in [0.1, 0.15) is 12.0 Å². The van der Waals surface area contributed by atoms with Gasteiger partial charge in [-0.15, -0.1) is 0 Å². The van der Waals surface area contributed by atoms with Gasteiger partial charge in [0.2, 0.25) is 5.91 Å². The number of nitrogens with one attached hydrogen (secondary N) is 1. The fourth-order valence-electron chi connectivity index (χ4n) is 2.92. The SMILES string of the molecule is O=C(O)CC(Cc1ccccc1)C(=O)Nc1cccc(-c2ccccc2Cl)n1. The van der Waals surface area contributed by atoms with Gasteiger partial charge in [0.1, 0.15) is 5.82 Å². The molecule has 0 bridgehead atoms. The number of anilines is 1. The predicted molar refractivity (Wildman–Crippen MR) is 109 cm³/mol. The van der Waals surface area contributed by atoms with Crippen LogP contribution in [-0.4, -0.2) is 22.0 Å². The highest BCUT2D eigenvalue weighted by Gasteiger charge is 2.23. The Morgan fingerprint density at radius 3 is 2.39 bits per heavy atom. The van der Waals surface area contributed by atoms with Crippen molar-refractivity contribution in [2.24, 2.45) is 5.92 Å². The zero-order valence-electron chi connectivity index (χ0n) is 15.0. The molecule has 0 aliphatic carbocycles. The second-order valence-corrected chi connectivity index (χ2v) is 6.77. The molecule has 0 saturated heterocycles. The first kappa shape index (κ1) is 19.6. The maximum atomic E-state index is 12.7. The first-order valence-corrected chi connectivity index (χ1v) is 9.19. The Morgan fingerprint density at radius 2 is 1.68 bits per heavy atom. The maximum absolute atomic E-state index is 12.7. The molecule has 0 aliphatic heterocycles. The summed E-state index contributed by atoms with van der Waals surface area (Å²) in [5.74, 6) is -1.75. The Labute approximate surface area is 168 Å². The van der Waals surface area contributed by atoms with Gasteiger partial charge in [-0.25, -0.2) is 4.98 Å². The standard InChI is InChI=1S/C22H19ClN2O3/c23-18-10-5-4-9-17(18)19-11-6-12-20(24-19)25-22(28)16(14-21(26)27)13-15-7-2-1-3-8-15/h1-12,16H,13-14H2,(H,26,27)(H,24,25,28). The maximum Gasteiger partial charge on any atom is 0.304 e. The molecule has 1 aromatic heterocycles. The van der Waals surface area contributed by atoms with Gasteiger partial charge in [-0.2, -0.15) is 0 Å². The van der Waals surface area contributed by atoms with E-state index in [1.165, 1.54) is 0 Å². The number of pyridine rings is 1. The number of aromatic nitrogens is 1. The van der Waals surface area contributed by atoms with Crippen molar-refractivity contribution in [1.29, 1.82) is 0 Å². The highest BCUT2D eigenvalue weighted by Crippen LogP contribution is 2.27. The molecule has 0 fully saturated rings. The van der Waals surface area contributed by atoms with E-state index in [4.69, 9.17) is 11.6 Å². The topological polar surface area (TPSA) is 79.3 Å². The molecule has 1 heterocycles. The average Bonchev–Trinajstić information content (AvgIpc) is 2.68. The minimum atomic E-state index is -1.02. The lowest BCUT2D eigenvalue weighted by Crippen LogP contribution is -2.27. The molecule has 1 unspecified atom stereocenters. The fourth-order valence-corrected chi connectivity index (χ4v) is 3.15. The number of carbonyl (C=O) groups excluding carboxylic acids is 1. The van der Waals surface area contributed by atoms with Crippen LogP contribution in [-0.2, 0) is 16.0 Å². The van der Waals surface area contributed by atoms with Gasteiger partial charge in [0, 0.05) is 10.6 Å². The molecule has 0 aliphatic rings. The number of benzene rings is 2. The quantitative estimate of drug-likeness (QED) is 0.610. The van der Waals surface area contributed by atoms with E-state index in [-0.39, 0.29) is 12.3 Å². The normalized spacial score (nSPS) is 11.6. The first-order valence-electron chi connectivity index (χ1n) is 8.81. The molecule has 5 nitrogen and oxygen atoms in total. The van der Waals surface area contributed by atoms with Crippen molar-refractivity contribution in [2.45, 2.75) is 12.8 Å². The summed E-state index contributed by atoms with van der Waals surface area (Å²) in [5.41, 5.74) is 2.29. The van der Waals surface area contributed by atoms with Gasteiger partial charge < -0.3 is 10.4 Å². The monoisotopic (exact) mass is 394 g/mol. The summed E-state index contributed by atoms with van der Waals surface area (Å²) < 4.78 is 0. The van der Waals surface area contributed by atoms with Crippen LogP contribution in [0.2, 0.25) is 5.02 Å². The number of nitrogens with zero attached hydrogens (tertiary/aromatic N) is 1. The predicted octanol–water partition coefficient (Wildman–Crippen LogP) is 4.67. The third-order valence-electron chi connectivity index (χ3n) is 4.27. The number of aliphatic carboxylic acids is 1.